The van der Waals surface area contributed by atoms with E-state index in [0.717, 1.165) is 10.7 Å². The third kappa shape index (κ3) is 4.64. The molecule has 0 unspecified atom stereocenters. The van der Waals surface area contributed by atoms with Crippen LogP contribution < -0.4 is 4.74 Å². The van der Waals surface area contributed by atoms with E-state index in [-0.39, 0.29) is 24.2 Å². The summed E-state index contributed by atoms with van der Waals surface area (Å²) >= 11 is 6.31. The molecule has 2 amide bonds. The molecular formula is C18H10I3NO6. The lowest BCUT2D eigenvalue weighted by Crippen LogP contribution is -2.32. The number of amides is 2. The molecule has 0 aromatic heterocycles. The second-order valence-electron chi connectivity index (χ2n) is 5.59. The number of ether oxygens (including phenoxy) is 1. The number of imide groups is 1. The van der Waals surface area contributed by atoms with Crippen LogP contribution in [0.4, 0.5) is 0 Å². The quantitative estimate of drug-likeness (QED) is 0.157. The highest BCUT2D eigenvalue weighted by Gasteiger charge is 2.33. The van der Waals surface area contributed by atoms with Gasteiger partial charge in [-0.15, -0.1) is 5.06 Å². The van der Waals surface area contributed by atoms with Crippen molar-refractivity contribution in [2.24, 2.45) is 0 Å². The molecule has 0 atom stereocenters. The van der Waals surface area contributed by atoms with Crippen LogP contribution in [-0.2, 0) is 14.4 Å². The molecule has 0 bridgehead atoms. The Hall–Kier alpha value is -1.29. The van der Waals surface area contributed by atoms with Gasteiger partial charge in [0.2, 0.25) is 0 Å². The van der Waals surface area contributed by atoms with E-state index in [4.69, 9.17) is 9.57 Å². The molecule has 1 aliphatic heterocycles. The summed E-state index contributed by atoms with van der Waals surface area (Å²) in [5.74, 6) is -2.20. The van der Waals surface area contributed by atoms with Gasteiger partial charge in [0.15, 0.2) is 0 Å². The Bertz CT molecular complexity index is 974. The van der Waals surface area contributed by atoms with E-state index in [0.29, 0.717) is 10.6 Å². The second kappa shape index (κ2) is 9.02. The van der Waals surface area contributed by atoms with Crippen LogP contribution in [0.3, 0.4) is 0 Å². The third-order valence-electron chi connectivity index (χ3n) is 3.73. The molecule has 0 radical (unpaired) electrons. The van der Waals surface area contributed by atoms with Crippen LogP contribution in [0.15, 0.2) is 36.4 Å². The van der Waals surface area contributed by atoms with E-state index in [2.05, 4.69) is 67.8 Å². The van der Waals surface area contributed by atoms with Gasteiger partial charge in [-0.2, -0.15) is 0 Å². The molecule has 0 saturated carbocycles. The van der Waals surface area contributed by atoms with Crippen molar-refractivity contribution in [3.8, 4) is 5.75 Å². The Morgan fingerprint density at radius 3 is 2.00 bits per heavy atom. The average molecular weight is 717 g/mol. The molecule has 1 aliphatic rings. The summed E-state index contributed by atoms with van der Waals surface area (Å²) in [6.45, 7) is 0. The van der Waals surface area contributed by atoms with Gasteiger partial charge in [0.25, 0.3) is 11.8 Å². The molecule has 1 heterocycles. The van der Waals surface area contributed by atoms with Gasteiger partial charge < -0.3 is 9.57 Å². The van der Waals surface area contributed by atoms with Gasteiger partial charge in [-0.05, 0) is 104 Å². The summed E-state index contributed by atoms with van der Waals surface area (Å²) in [6.07, 6.45) is 0.0497. The second-order valence-corrected chi connectivity index (χ2v) is 9.00. The topological polar surface area (TPSA) is 90.0 Å². The Morgan fingerprint density at radius 2 is 1.39 bits per heavy atom. The molecule has 1 fully saturated rings. The minimum atomic E-state index is -0.844. The first kappa shape index (κ1) is 21.4. The van der Waals surface area contributed by atoms with Gasteiger partial charge in [0, 0.05) is 23.6 Å². The summed E-state index contributed by atoms with van der Waals surface area (Å²) < 4.78 is 7.91. The normalized spacial score (nSPS) is 13.6. The fourth-order valence-corrected chi connectivity index (χ4v) is 4.65. The van der Waals surface area contributed by atoms with Crippen LogP contribution >= 0.6 is 67.8 Å². The number of nitrogens with zero attached hydrogens (tertiary/aromatic N) is 1. The highest BCUT2D eigenvalue weighted by atomic mass is 127. The Labute approximate surface area is 200 Å². The zero-order valence-corrected chi connectivity index (χ0v) is 20.4. The Kier molecular flexibility index (Phi) is 6.90. The van der Waals surface area contributed by atoms with Crippen molar-refractivity contribution in [3.63, 3.8) is 0 Å². The number of hydroxylamine groups is 2. The van der Waals surface area contributed by atoms with Crippen molar-refractivity contribution in [1.82, 2.24) is 5.06 Å². The molecule has 10 heteroatoms. The first-order valence-electron chi connectivity index (χ1n) is 7.81. The molecule has 3 rings (SSSR count). The monoisotopic (exact) mass is 717 g/mol. The maximum absolute atomic E-state index is 12.5. The third-order valence-corrected chi connectivity index (χ3v) is 7.68. The van der Waals surface area contributed by atoms with E-state index in [1.165, 1.54) is 24.3 Å². The molecule has 0 N–H and O–H groups in total. The van der Waals surface area contributed by atoms with Crippen molar-refractivity contribution in [2.75, 3.05) is 0 Å². The summed E-state index contributed by atoms with van der Waals surface area (Å²) in [5, 5.41) is 0.483. The average Bonchev–Trinajstić information content (AvgIpc) is 2.97. The van der Waals surface area contributed by atoms with Crippen molar-refractivity contribution in [2.45, 2.75) is 12.8 Å². The fraction of sp³-hybridized carbons (Fsp3) is 0.111. The van der Waals surface area contributed by atoms with Crippen LogP contribution in [0, 0.1) is 10.7 Å². The predicted octanol–water partition coefficient (Wildman–Crippen LogP) is 3.94. The number of rotatable bonds is 4. The fourth-order valence-electron chi connectivity index (χ4n) is 2.32. The van der Waals surface area contributed by atoms with Crippen molar-refractivity contribution < 1.29 is 28.8 Å². The van der Waals surface area contributed by atoms with Crippen LogP contribution in [-0.4, -0.2) is 28.8 Å². The van der Waals surface area contributed by atoms with E-state index in [1.54, 1.807) is 0 Å². The number of hydrogen-bond donors (Lipinski definition) is 0. The smallest absolute Gasteiger partial charge is 0.363 e. The molecule has 0 spiro atoms. The molecule has 28 heavy (non-hydrogen) atoms. The number of carbonyl (C=O) groups excluding carboxylic acids is 4. The highest BCUT2D eigenvalue weighted by molar-refractivity contribution is 14.1. The number of halogens is 3. The van der Waals surface area contributed by atoms with E-state index >= 15 is 0 Å². The summed E-state index contributed by atoms with van der Waals surface area (Å²) in [7, 11) is 0. The summed E-state index contributed by atoms with van der Waals surface area (Å²) in [5.41, 5.74) is 0.591. The number of benzene rings is 2. The molecule has 144 valence electrons. The molecule has 0 aliphatic carbocycles. The number of hydrogen-bond acceptors (Lipinski definition) is 6. The minimum absolute atomic E-state index is 0.0248. The van der Waals surface area contributed by atoms with Gasteiger partial charge in [0.1, 0.15) is 5.75 Å². The van der Waals surface area contributed by atoms with Crippen LogP contribution in [0.25, 0.3) is 0 Å². The molecule has 2 aromatic rings. The van der Waals surface area contributed by atoms with E-state index < -0.39 is 23.8 Å². The zero-order chi connectivity index (χ0) is 20.4. The highest BCUT2D eigenvalue weighted by Crippen LogP contribution is 2.26. The van der Waals surface area contributed by atoms with Gasteiger partial charge in [-0.3, -0.25) is 9.59 Å². The maximum atomic E-state index is 12.5. The lowest BCUT2D eigenvalue weighted by molar-refractivity contribution is -0.172. The first-order chi connectivity index (χ1) is 13.3. The van der Waals surface area contributed by atoms with E-state index in [9.17, 15) is 19.2 Å². The van der Waals surface area contributed by atoms with Gasteiger partial charge in [-0.25, -0.2) is 9.59 Å². The van der Waals surface area contributed by atoms with Crippen molar-refractivity contribution in [3.05, 3.63) is 58.2 Å². The van der Waals surface area contributed by atoms with Gasteiger partial charge in [0.05, 0.1) is 11.1 Å². The number of esters is 1. The lowest BCUT2D eigenvalue weighted by Gasteiger charge is -2.13. The largest absolute Gasteiger partial charge is 0.423 e. The van der Waals surface area contributed by atoms with Crippen molar-refractivity contribution >= 4 is 91.5 Å². The van der Waals surface area contributed by atoms with E-state index in [1.807, 2.05) is 12.1 Å². The molecule has 2 aromatic carbocycles. The molecule has 1 saturated heterocycles. The predicted molar refractivity (Wildman–Crippen MR) is 122 cm³/mol. The Morgan fingerprint density at radius 1 is 0.821 bits per heavy atom. The molecular weight excluding hydrogens is 707 g/mol. The van der Waals surface area contributed by atoms with Crippen LogP contribution in [0.2, 0.25) is 0 Å². The summed E-state index contributed by atoms with van der Waals surface area (Å²) in [6, 6.07) is 9.41. The summed E-state index contributed by atoms with van der Waals surface area (Å²) in [4.78, 5) is 52.5. The standard InChI is InChI=1S/C18H10I3NO6/c19-11-5-6-12(20)16(21)15(11)18(26)27-10-3-1-9(2-4-10)17(25)28-22-13(23)7-8-14(22)24/h1-6H,7-8H2. The SMILES string of the molecule is O=C(ON1C(=O)CCC1=O)c1ccc(OC(=O)c2c(I)ccc(I)c2I)cc1. The van der Waals surface area contributed by atoms with Gasteiger partial charge in [-0.1, -0.05) is 0 Å². The van der Waals surface area contributed by atoms with Crippen LogP contribution in [0.5, 0.6) is 5.75 Å². The Balaban J connectivity index is 1.70. The van der Waals surface area contributed by atoms with Crippen molar-refractivity contribution in [1.29, 1.82) is 0 Å². The van der Waals surface area contributed by atoms with Crippen LogP contribution in [0.1, 0.15) is 33.6 Å². The maximum Gasteiger partial charge on any atom is 0.363 e. The lowest BCUT2D eigenvalue weighted by atomic mass is 10.2. The zero-order valence-electron chi connectivity index (χ0n) is 13.9. The minimum Gasteiger partial charge on any atom is -0.423 e. The first-order valence-corrected chi connectivity index (χ1v) is 11.1. The van der Waals surface area contributed by atoms with Gasteiger partial charge >= 0.3 is 11.9 Å². The molecule has 7 nitrogen and oxygen atoms in total. The number of carbonyl (C=O) groups is 4.